The van der Waals surface area contributed by atoms with Gasteiger partial charge in [0, 0.05) is 6.54 Å². The molecule has 0 spiro atoms. The average molecular weight is 226 g/mol. The first kappa shape index (κ1) is 13.5. The third-order valence-corrected chi connectivity index (χ3v) is 3.25. The van der Waals surface area contributed by atoms with Crippen LogP contribution in [-0.4, -0.2) is 36.5 Å². The summed E-state index contributed by atoms with van der Waals surface area (Å²) in [5.74, 6) is 0.718. The highest BCUT2D eigenvalue weighted by atomic mass is 16.2. The van der Waals surface area contributed by atoms with Gasteiger partial charge in [-0.25, -0.2) is 0 Å². The van der Waals surface area contributed by atoms with Crippen LogP contribution in [0.2, 0.25) is 0 Å². The van der Waals surface area contributed by atoms with Crippen LogP contribution in [0.25, 0.3) is 0 Å². The van der Waals surface area contributed by atoms with Crippen LogP contribution < -0.4 is 5.32 Å². The predicted molar refractivity (Wildman–Crippen MR) is 67.4 cm³/mol. The van der Waals surface area contributed by atoms with Crippen molar-refractivity contribution >= 4 is 5.91 Å². The Balaban J connectivity index is 2.35. The Hall–Kier alpha value is -0.570. The van der Waals surface area contributed by atoms with Crippen molar-refractivity contribution in [3.05, 3.63) is 0 Å². The normalized spacial score (nSPS) is 20.5. The van der Waals surface area contributed by atoms with E-state index in [1.165, 1.54) is 25.7 Å². The third kappa shape index (κ3) is 4.52. The number of rotatable bonds is 4. The molecule has 0 aromatic rings. The summed E-state index contributed by atoms with van der Waals surface area (Å²) in [6.07, 6.45) is 5.11. The second-order valence-electron chi connectivity index (χ2n) is 5.27. The van der Waals surface area contributed by atoms with Crippen molar-refractivity contribution in [1.82, 2.24) is 10.2 Å². The van der Waals surface area contributed by atoms with Gasteiger partial charge in [0.25, 0.3) is 0 Å². The Morgan fingerprint density at radius 2 is 1.69 bits per heavy atom. The van der Waals surface area contributed by atoms with Crippen molar-refractivity contribution in [2.45, 2.75) is 52.5 Å². The van der Waals surface area contributed by atoms with Crippen LogP contribution in [0.4, 0.5) is 0 Å². The molecule has 1 aliphatic heterocycles. The summed E-state index contributed by atoms with van der Waals surface area (Å²) in [4.78, 5) is 14.2. The lowest BCUT2D eigenvalue weighted by Crippen LogP contribution is -2.46. The van der Waals surface area contributed by atoms with Gasteiger partial charge in [0.1, 0.15) is 0 Å². The highest BCUT2D eigenvalue weighted by molar-refractivity contribution is 5.81. The smallest absolute Gasteiger partial charge is 0.237 e. The average Bonchev–Trinajstić information content (AvgIpc) is 2.53. The molecule has 94 valence electrons. The lowest BCUT2D eigenvalue weighted by atomic mass is 10.2. The SMILES string of the molecule is CC(C)CNC(=O)[C@@H](C)N1CCCCCC1. The van der Waals surface area contributed by atoms with Gasteiger partial charge in [-0.1, -0.05) is 26.7 Å². The fourth-order valence-corrected chi connectivity index (χ4v) is 2.10. The second-order valence-corrected chi connectivity index (χ2v) is 5.27. The number of likely N-dealkylation sites (tertiary alicyclic amines) is 1. The van der Waals surface area contributed by atoms with Crippen LogP contribution in [0.3, 0.4) is 0 Å². The van der Waals surface area contributed by atoms with E-state index in [0.29, 0.717) is 5.92 Å². The molecule has 1 amide bonds. The largest absolute Gasteiger partial charge is 0.354 e. The summed E-state index contributed by atoms with van der Waals surface area (Å²) >= 11 is 0. The van der Waals surface area contributed by atoms with Crippen molar-refractivity contribution in [2.24, 2.45) is 5.92 Å². The molecule has 0 unspecified atom stereocenters. The molecule has 1 heterocycles. The Morgan fingerprint density at radius 1 is 1.12 bits per heavy atom. The van der Waals surface area contributed by atoms with E-state index in [-0.39, 0.29) is 11.9 Å². The molecule has 0 aromatic carbocycles. The maximum atomic E-state index is 11.9. The minimum Gasteiger partial charge on any atom is -0.354 e. The van der Waals surface area contributed by atoms with Crippen molar-refractivity contribution < 1.29 is 4.79 Å². The quantitative estimate of drug-likeness (QED) is 0.795. The highest BCUT2D eigenvalue weighted by Crippen LogP contribution is 2.12. The number of carbonyl (C=O) groups excluding carboxylic acids is 1. The van der Waals surface area contributed by atoms with Crippen molar-refractivity contribution in [2.75, 3.05) is 19.6 Å². The fraction of sp³-hybridized carbons (Fsp3) is 0.923. The zero-order valence-corrected chi connectivity index (χ0v) is 11.0. The molecule has 0 aromatic heterocycles. The molecule has 3 nitrogen and oxygen atoms in total. The zero-order valence-electron chi connectivity index (χ0n) is 11.0. The van der Waals surface area contributed by atoms with Gasteiger partial charge in [0.2, 0.25) is 5.91 Å². The molecule has 0 bridgehead atoms. The van der Waals surface area contributed by atoms with Gasteiger partial charge >= 0.3 is 0 Å². The van der Waals surface area contributed by atoms with Crippen LogP contribution in [0.1, 0.15) is 46.5 Å². The maximum Gasteiger partial charge on any atom is 0.237 e. The van der Waals surface area contributed by atoms with Crippen molar-refractivity contribution in [1.29, 1.82) is 0 Å². The fourth-order valence-electron chi connectivity index (χ4n) is 2.10. The van der Waals surface area contributed by atoms with E-state index >= 15 is 0 Å². The molecule has 0 radical (unpaired) electrons. The number of amides is 1. The van der Waals surface area contributed by atoms with Gasteiger partial charge in [-0.15, -0.1) is 0 Å². The maximum absolute atomic E-state index is 11.9. The molecular formula is C13H26N2O. The van der Waals surface area contributed by atoms with Gasteiger partial charge in [-0.05, 0) is 38.8 Å². The molecule has 1 fully saturated rings. The summed E-state index contributed by atoms with van der Waals surface area (Å²) in [6, 6.07) is 0.0387. The molecule has 1 rings (SSSR count). The lowest BCUT2D eigenvalue weighted by molar-refractivity contribution is -0.126. The summed E-state index contributed by atoms with van der Waals surface area (Å²) in [7, 11) is 0. The van der Waals surface area contributed by atoms with E-state index in [4.69, 9.17) is 0 Å². The number of hydrogen-bond donors (Lipinski definition) is 1. The minimum absolute atomic E-state index is 0.0387. The highest BCUT2D eigenvalue weighted by Gasteiger charge is 2.21. The van der Waals surface area contributed by atoms with E-state index < -0.39 is 0 Å². The number of carbonyl (C=O) groups is 1. The monoisotopic (exact) mass is 226 g/mol. The Kier molecular flexibility index (Phi) is 5.81. The van der Waals surface area contributed by atoms with Crippen LogP contribution >= 0.6 is 0 Å². The standard InChI is InChI=1S/C13H26N2O/c1-11(2)10-14-13(16)12(3)15-8-6-4-5-7-9-15/h11-12H,4-10H2,1-3H3,(H,14,16)/t12-/m1/s1. The van der Waals surface area contributed by atoms with Crippen LogP contribution in [0.15, 0.2) is 0 Å². The first-order valence-electron chi connectivity index (χ1n) is 6.63. The summed E-state index contributed by atoms with van der Waals surface area (Å²) < 4.78 is 0. The molecular weight excluding hydrogens is 200 g/mol. The molecule has 1 aliphatic rings. The number of nitrogens with one attached hydrogen (secondary N) is 1. The van der Waals surface area contributed by atoms with E-state index in [2.05, 4.69) is 24.1 Å². The molecule has 1 N–H and O–H groups in total. The summed E-state index contributed by atoms with van der Waals surface area (Å²) in [6.45, 7) is 9.22. The summed E-state index contributed by atoms with van der Waals surface area (Å²) in [5.41, 5.74) is 0. The number of nitrogens with zero attached hydrogens (tertiary/aromatic N) is 1. The van der Waals surface area contributed by atoms with E-state index in [1.807, 2.05) is 6.92 Å². The first-order valence-corrected chi connectivity index (χ1v) is 6.63. The molecule has 3 heteroatoms. The first-order chi connectivity index (χ1) is 7.61. The topological polar surface area (TPSA) is 32.3 Å². The van der Waals surface area contributed by atoms with Crippen LogP contribution in [0, 0.1) is 5.92 Å². The van der Waals surface area contributed by atoms with Gasteiger partial charge in [0.05, 0.1) is 6.04 Å². The van der Waals surface area contributed by atoms with Crippen molar-refractivity contribution in [3.63, 3.8) is 0 Å². The lowest BCUT2D eigenvalue weighted by Gasteiger charge is -2.26. The Labute approximate surface area is 99.6 Å². The minimum atomic E-state index is 0.0387. The van der Waals surface area contributed by atoms with E-state index in [9.17, 15) is 4.79 Å². The Bertz CT molecular complexity index is 208. The molecule has 0 saturated carbocycles. The molecule has 1 saturated heterocycles. The summed E-state index contributed by atoms with van der Waals surface area (Å²) in [5, 5.41) is 3.02. The van der Waals surface area contributed by atoms with Gasteiger partial charge < -0.3 is 5.32 Å². The second kappa shape index (κ2) is 6.89. The van der Waals surface area contributed by atoms with Crippen molar-refractivity contribution in [3.8, 4) is 0 Å². The van der Waals surface area contributed by atoms with Crippen LogP contribution in [0.5, 0.6) is 0 Å². The van der Waals surface area contributed by atoms with Gasteiger partial charge in [0.15, 0.2) is 0 Å². The molecule has 0 aliphatic carbocycles. The third-order valence-electron chi connectivity index (χ3n) is 3.25. The number of hydrogen-bond acceptors (Lipinski definition) is 2. The zero-order chi connectivity index (χ0) is 12.0. The Morgan fingerprint density at radius 3 is 2.19 bits per heavy atom. The van der Waals surface area contributed by atoms with Gasteiger partial charge in [-0.3, -0.25) is 9.69 Å². The van der Waals surface area contributed by atoms with E-state index in [1.54, 1.807) is 0 Å². The molecule has 16 heavy (non-hydrogen) atoms. The predicted octanol–water partition coefficient (Wildman–Crippen LogP) is 2.02. The van der Waals surface area contributed by atoms with Gasteiger partial charge in [-0.2, -0.15) is 0 Å². The molecule has 1 atom stereocenters. The van der Waals surface area contributed by atoms with E-state index in [0.717, 1.165) is 19.6 Å². The van der Waals surface area contributed by atoms with Crippen LogP contribution in [-0.2, 0) is 4.79 Å².